The molecule has 0 radical (unpaired) electrons. The van der Waals surface area contributed by atoms with E-state index < -0.39 is 0 Å². The maximum Gasteiger partial charge on any atom is 0.140 e. The van der Waals surface area contributed by atoms with Crippen molar-refractivity contribution in [3.8, 4) is 0 Å². The fourth-order valence-electron chi connectivity index (χ4n) is 10.1. The first-order valence-corrected chi connectivity index (χ1v) is 14.2. The third-order valence-electron chi connectivity index (χ3n) is 12.1. The van der Waals surface area contributed by atoms with Gasteiger partial charge in [-0.25, -0.2) is 0 Å². The van der Waals surface area contributed by atoms with Gasteiger partial charge in [-0.2, -0.15) is 0 Å². The third-order valence-corrected chi connectivity index (χ3v) is 12.1. The van der Waals surface area contributed by atoms with Crippen molar-refractivity contribution in [3.05, 3.63) is 11.6 Å². The normalized spacial score (nSPS) is 45.1. The highest BCUT2D eigenvalue weighted by Gasteiger charge is 2.68. The molecule has 188 valence electrons. The molecule has 4 aliphatic carbocycles. The molecule has 0 spiro atoms. The SMILES string of the molecule is CC(=O)[C@@]12CC[C@H]([C@H](C)CCCC(C)C)[C@@]1(C)CC[C@H]1C2=CCC2C(C)(C)[C@@H](O)CC[C@@]21C. The number of hydrogen-bond acceptors (Lipinski definition) is 2. The Balaban J connectivity index is 1.69. The minimum Gasteiger partial charge on any atom is -0.393 e. The molecule has 4 aliphatic rings. The number of aliphatic hydroxyl groups excluding tert-OH is 1. The van der Waals surface area contributed by atoms with E-state index in [1.54, 1.807) is 0 Å². The molecule has 33 heavy (non-hydrogen) atoms. The molecule has 0 bridgehead atoms. The van der Waals surface area contributed by atoms with Gasteiger partial charge in [0.05, 0.1) is 11.5 Å². The van der Waals surface area contributed by atoms with Gasteiger partial charge < -0.3 is 5.11 Å². The van der Waals surface area contributed by atoms with E-state index in [0.29, 0.717) is 29.5 Å². The minimum absolute atomic E-state index is 0.0533. The van der Waals surface area contributed by atoms with E-state index in [9.17, 15) is 9.90 Å². The van der Waals surface area contributed by atoms with E-state index >= 15 is 0 Å². The van der Waals surface area contributed by atoms with E-state index in [1.165, 1.54) is 44.1 Å². The first-order valence-electron chi connectivity index (χ1n) is 14.2. The van der Waals surface area contributed by atoms with Crippen LogP contribution in [0.25, 0.3) is 0 Å². The van der Waals surface area contributed by atoms with E-state index in [1.807, 2.05) is 6.92 Å². The topological polar surface area (TPSA) is 37.3 Å². The molecule has 0 aromatic carbocycles. The van der Waals surface area contributed by atoms with Crippen LogP contribution in [0.15, 0.2) is 11.6 Å². The zero-order valence-corrected chi connectivity index (χ0v) is 23.0. The summed E-state index contributed by atoms with van der Waals surface area (Å²) >= 11 is 0. The van der Waals surface area contributed by atoms with Gasteiger partial charge >= 0.3 is 0 Å². The number of Topliss-reactive ketones (excluding diaryl/α,β-unsaturated/α-hetero) is 1. The smallest absolute Gasteiger partial charge is 0.140 e. The number of hydrogen-bond donors (Lipinski definition) is 1. The quantitative estimate of drug-likeness (QED) is 0.411. The Morgan fingerprint density at radius 3 is 2.36 bits per heavy atom. The Labute approximate surface area is 204 Å². The molecular weight excluding hydrogens is 404 g/mol. The summed E-state index contributed by atoms with van der Waals surface area (Å²) in [6, 6.07) is 0. The maximum atomic E-state index is 13.7. The summed E-state index contributed by atoms with van der Waals surface area (Å²) in [5.74, 6) is 3.59. The third kappa shape index (κ3) is 3.54. The van der Waals surface area contributed by atoms with Crippen LogP contribution in [0.3, 0.4) is 0 Å². The van der Waals surface area contributed by atoms with E-state index in [0.717, 1.165) is 31.6 Å². The van der Waals surface area contributed by atoms with Crippen molar-refractivity contribution in [2.24, 2.45) is 51.2 Å². The van der Waals surface area contributed by atoms with Crippen LogP contribution >= 0.6 is 0 Å². The van der Waals surface area contributed by atoms with Gasteiger partial charge in [0.25, 0.3) is 0 Å². The van der Waals surface area contributed by atoms with Crippen molar-refractivity contribution < 1.29 is 9.90 Å². The largest absolute Gasteiger partial charge is 0.393 e. The molecular formula is C31H52O2. The van der Waals surface area contributed by atoms with Crippen molar-refractivity contribution >= 4 is 5.78 Å². The Bertz CT molecular complexity index is 793. The number of rotatable bonds is 6. The first-order chi connectivity index (χ1) is 15.3. The minimum atomic E-state index is -0.249. The number of fused-ring (bicyclic) bond motifs is 5. The molecule has 0 heterocycles. The highest BCUT2D eigenvalue weighted by molar-refractivity contribution is 5.88. The lowest BCUT2D eigenvalue weighted by Crippen LogP contribution is -2.59. The zero-order chi connectivity index (χ0) is 24.4. The molecule has 2 heteroatoms. The molecule has 0 aromatic heterocycles. The summed E-state index contributed by atoms with van der Waals surface area (Å²) in [6.45, 7) is 18.7. The molecule has 0 saturated heterocycles. The molecule has 4 rings (SSSR count). The van der Waals surface area contributed by atoms with Crippen LogP contribution in [-0.2, 0) is 4.79 Å². The molecule has 1 N–H and O–H groups in total. The fourth-order valence-corrected chi connectivity index (χ4v) is 10.1. The Morgan fingerprint density at radius 2 is 1.73 bits per heavy atom. The molecule has 0 aromatic rings. The van der Waals surface area contributed by atoms with Crippen LogP contribution in [0, 0.1) is 51.2 Å². The van der Waals surface area contributed by atoms with Crippen molar-refractivity contribution in [1.29, 1.82) is 0 Å². The van der Waals surface area contributed by atoms with Crippen molar-refractivity contribution in [2.75, 3.05) is 0 Å². The van der Waals surface area contributed by atoms with Gasteiger partial charge in [-0.3, -0.25) is 4.79 Å². The molecule has 3 saturated carbocycles. The summed E-state index contributed by atoms with van der Waals surface area (Å²) in [7, 11) is 0. The second-order valence-electron chi connectivity index (χ2n) is 14.2. The second-order valence-corrected chi connectivity index (χ2v) is 14.2. The molecule has 3 fully saturated rings. The average Bonchev–Trinajstić information content (AvgIpc) is 3.05. The summed E-state index contributed by atoms with van der Waals surface area (Å²) in [5.41, 5.74) is 1.54. The standard InChI is InChI=1S/C31H52O2/c1-20(2)10-9-11-21(3)23-15-19-31(22(4)32)25-12-13-26-28(5,6)27(33)16-17-29(26,7)24(25)14-18-30(23,31)8/h12,20-21,23-24,26-27,33H,9-11,13-19H2,1-8H3/t21-,23-,24+,26?,27+,29-,30-,31-/m1/s1. The van der Waals surface area contributed by atoms with Gasteiger partial charge in [0.1, 0.15) is 5.78 Å². The first kappa shape index (κ1) is 25.5. The van der Waals surface area contributed by atoms with Crippen molar-refractivity contribution in [1.82, 2.24) is 0 Å². The Hall–Kier alpha value is -0.630. The molecule has 0 aliphatic heterocycles. The van der Waals surface area contributed by atoms with Crippen molar-refractivity contribution in [2.45, 2.75) is 126 Å². The van der Waals surface area contributed by atoms with E-state index in [-0.39, 0.29) is 27.8 Å². The van der Waals surface area contributed by atoms with Gasteiger partial charge in [0.2, 0.25) is 0 Å². The van der Waals surface area contributed by atoms with Crippen LogP contribution in [0.1, 0.15) is 120 Å². The Kier molecular flexibility index (Phi) is 6.55. The van der Waals surface area contributed by atoms with Gasteiger partial charge in [-0.15, -0.1) is 0 Å². The highest BCUT2D eigenvalue weighted by Crippen LogP contribution is 2.73. The molecule has 2 nitrogen and oxygen atoms in total. The molecule has 1 unspecified atom stereocenters. The maximum absolute atomic E-state index is 13.7. The van der Waals surface area contributed by atoms with Crippen LogP contribution in [0.2, 0.25) is 0 Å². The number of carbonyl (C=O) groups excluding carboxylic acids is 1. The van der Waals surface area contributed by atoms with Crippen LogP contribution in [0.4, 0.5) is 0 Å². The summed E-state index contributed by atoms with van der Waals surface area (Å²) < 4.78 is 0. The van der Waals surface area contributed by atoms with Crippen LogP contribution < -0.4 is 0 Å². The van der Waals surface area contributed by atoms with Gasteiger partial charge in [-0.05, 0) is 97.7 Å². The highest BCUT2D eigenvalue weighted by atomic mass is 16.3. The number of carbonyl (C=O) groups is 1. The summed E-state index contributed by atoms with van der Waals surface area (Å²) in [4.78, 5) is 13.7. The fraction of sp³-hybridized carbons (Fsp3) is 0.903. The van der Waals surface area contributed by atoms with Gasteiger partial charge in [0.15, 0.2) is 0 Å². The molecule has 8 atom stereocenters. The lowest BCUT2D eigenvalue weighted by molar-refractivity contribution is -0.147. The number of allylic oxidation sites excluding steroid dienone is 2. The van der Waals surface area contributed by atoms with E-state index in [2.05, 4.69) is 54.5 Å². The van der Waals surface area contributed by atoms with E-state index in [4.69, 9.17) is 0 Å². The average molecular weight is 457 g/mol. The van der Waals surface area contributed by atoms with Gasteiger partial charge in [-0.1, -0.05) is 79.4 Å². The zero-order valence-electron chi connectivity index (χ0n) is 23.0. The van der Waals surface area contributed by atoms with Crippen molar-refractivity contribution in [3.63, 3.8) is 0 Å². The monoisotopic (exact) mass is 456 g/mol. The van der Waals surface area contributed by atoms with Gasteiger partial charge in [0, 0.05) is 0 Å². The number of aliphatic hydroxyl groups is 1. The lowest BCUT2D eigenvalue weighted by atomic mass is 9.40. The Morgan fingerprint density at radius 1 is 1.03 bits per heavy atom. The number of ketones is 1. The predicted octanol–water partition coefficient (Wildman–Crippen LogP) is 7.98. The summed E-state index contributed by atoms with van der Waals surface area (Å²) in [5, 5.41) is 10.8. The second kappa shape index (κ2) is 8.49. The predicted molar refractivity (Wildman–Crippen MR) is 138 cm³/mol. The lowest BCUT2D eigenvalue weighted by Gasteiger charge is -2.64. The van der Waals surface area contributed by atoms with Crippen LogP contribution in [-0.4, -0.2) is 17.0 Å². The summed E-state index contributed by atoms with van der Waals surface area (Å²) in [6.07, 6.45) is 14.0. The molecule has 0 amide bonds. The van der Waals surface area contributed by atoms with Crippen LogP contribution in [0.5, 0.6) is 0 Å².